The second-order valence-corrected chi connectivity index (χ2v) is 6.91. The molecule has 1 aromatic carbocycles. The molecule has 1 atom stereocenters. The van der Waals surface area contributed by atoms with E-state index in [0.717, 1.165) is 12.8 Å². The van der Waals surface area contributed by atoms with Gasteiger partial charge in [-0.15, -0.1) is 4.52 Å². The largest absolute Gasteiger partial charge is 0.548 e. The maximum absolute atomic E-state index is 11.9. The summed E-state index contributed by atoms with van der Waals surface area (Å²) in [5.74, 6) is 0. The second-order valence-electron chi connectivity index (χ2n) is 5.62. The lowest BCUT2D eigenvalue weighted by molar-refractivity contribution is 0.0636. The van der Waals surface area contributed by atoms with Gasteiger partial charge in [-0.3, -0.25) is 5.32 Å². The fraction of sp³-hybridized carbons (Fsp3) is 0.533. The summed E-state index contributed by atoms with van der Waals surface area (Å²) in [7, 11) is -1.84. The summed E-state index contributed by atoms with van der Waals surface area (Å²) in [5, 5.41) is 3.23. The van der Waals surface area contributed by atoms with Gasteiger partial charge in [0.1, 0.15) is 12.2 Å². The van der Waals surface area contributed by atoms with Crippen molar-refractivity contribution in [2.75, 3.05) is 11.9 Å². The number of anilines is 1. The van der Waals surface area contributed by atoms with Crippen LogP contribution in [0.2, 0.25) is 0 Å². The molecule has 0 radical (unpaired) electrons. The number of amides is 1. The molecule has 6 heteroatoms. The first kappa shape index (κ1) is 17.6. The van der Waals surface area contributed by atoms with Gasteiger partial charge >= 0.3 is 14.1 Å². The monoisotopic (exact) mass is 312 g/mol. The first-order chi connectivity index (χ1) is 9.81. The Balaban J connectivity index is 2.54. The third kappa shape index (κ3) is 7.21. The van der Waals surface area contributed by atoms with Crippen LogP contribution in [-0.2, 0) is 13.8 Å². The fourth-order valence-corrected chi connectivity index (χ4v) is 2.29. The van der Waals surface area contributed by atoms with Gasteiger partial charge in [0.25, 0.3) is 0 Å². The summed E-state index contributed by atoms with van der Waals surface area (Å²) >= 11 is 0. The molecule has 0 aromatic heterocycles. The van der Waals surface area contributed by atoms with Gasteiger partial charge in [0.05, 0.1) is 0 Å². The lowest BCUT2D eigenvalue weighted by atomic mass is 10.2. The fourth-order valence-electron chi connectivity index (χ4n) is 1.45. The van der Waals surface area contributed by atoms with Crippen molar-refractivity contribution in [1.82, 2.24) is 0 Å². The molecule has 0 saturated carbocycles. The normalized spacial score (nSPS) is 11.9. The summed E-state index contributed by atoms with van der Waals surface area (Å²) < 4.78 is 22.3. The van der Waals surface area contributed by atoms with Crippen molar-refractivity contribution in [2.45, 2.75) is 46.1 Å². The van der Waals surface area contributed by atoms with E-state index in [1.54, 1.807) is 45.0 Å². The molecule has 0 bridgehead atoms. The van der Waals surface area contributed by atoms with Crippen LogP contribution in [0.15, 0.2) is 24.3 Å². The Morgan fingerprint density at radius 3 is 2.38 bits per heavy atom. The molecule has 0 saturated heterocycles. The number of hydrogen-bond acceptors (Lipinski definition) is 4. The van der Waals surface area contributed by atoms with Crippen LogP contribution >= 0.6 is 8.03 Å². The Morgan fingerprint density at radius 1 is 1.24 bits per heavy atom. The molecule has 0 aliphatic carbocycles. The second kappa shape index (κ2) is 8.11. The molecular formula is C15H23NO4P+. The number of benzene rings is 1. The number of carbonyl (C=O) groups excluding carboxylic acids is 1. The minimum absolute atomic E-state index is 0.490. The third-order valence-electron chi connectivity index (χ3n) is 2.43. The molecule has 1 unspecified atom stereocenters. The maximum atomic E-state index is 11.9. The van der Waals surface area contributed by atoms with E-state index in [2.05, 4.69) is 5.32 Å². The standard InChI is InChI=1S/C15H22NO4P/c1-5-6-11-19-21(18)13-9-7-12(8-10-13)16-14(17)20-15(2,3)4/h7-10H,5-6,11H2,1-4H3/p+1. The minimum Gasteiger partial charge on any atom is -0.444 e. The van der Waals surface area contributed by atoms with E-state index >= 15 is 0 Å². The lowest BCUT2D eigenvalue weighted by Crippen LogP contribution is -2.27. The Hall–Kier alpha value is -1.45. The summed E-state index contributed by atoms with van der Waals surface area (Å²) in [6.07, 6.45) is 1.38. The number of rotatable bonds is 6. The van der Waals surface area contributed by atoms with Crippen molar-refractivity contribution < 1.29 is 18.6 Å². The SMILES string of the molecule is CCCCO[P+](=O)c1ccc(NC(=O)OC(C)(C)C)cc1. The van der Waals surface area contributed by atoms with Crippen molar-refractivity contribution in [3.8, 4) is 0 Å². The van der Waals surface area contributed by atoms with Crippen LogP contribution in [0.1, 0.15) is 40.5 Å². The first-order valence-corrected chi connectivity index (χ1v) is 8.20. The Labute approximate surface area is 126 Å². The van der Waals surface area contributed by atoms with E-state index in [9.17, 15) is 9.36 Å². The van der Waals surface area contributed by atoms with E-state index in [1.165, 1.54) is 0 Å². The highest BCUT2D eigenvalue weighted by Gasteiger charge is 2.22. The lowest BCUT2D eigenvalue weighted by Gasteiger charge is -2.19. The zero-order valence-corrected chi connectivity index (χ0v) is 13.9. The van der Waals surface area contributed by atoms with Crippen LogP contribution in [0.25, 0.3) is 0 Å². The van der Waals surface area contributed by atoms with Gasteiger partial charge in [-0.05, 0) is 56.0 Å². The highest BCUT2D eigenvalue weighted by atomic mass is 31.1. The zero-order valence-electron chi connectivity index (χ0n) is 13.0. The third-order valence-corrected chi connectivity index (χ3v) is 3.57. The predicted octanol–water partition coefficient (Wildman–Crippen LogP) is 4.22. The number of carbonyl (C=O) groups is 1. The number of unbranched alkanes of at least 4 members (excludes halogenated alkanes) is 1. The summed E-state index contributed by atoms with van der Waals surface area (Å²) in [5.41, 5.74) is 0.0467. The van der Waals surface area contributed by atoms with Gasteiger partial charge in [-0.1, -0.05) is 13.3 Å². The van der Waals surface area contributed by atoms with Gasteiger partial charge in [-0.2, -0.15) is 0 Å². The van der Waals surface area contributed by atoms with Crippen LogP contribution in [-0.4, -0.2) is 18.3 Å². The summed E-state index contributed by atoms with van der Waals surface area (Å²) in [4.78, 5) is 11.6. The first-order valence-electron chi connectivity index (χ1n) is 7.02. The van der Waals surface area contributed by atoms with E-state index in [4.69, 9.17) is 9.26 Å². The van der Waals surface area contributed by atoms with Crippen LogP contribution in [0.4, 0.5) is 10.5 Å². The predicted molar refractivity (Wildman–Crippen MR) is 84.4 cm³/mol. The van der Waals surface area contributed by atoms with E-state index in [1.807, 2.05) is 6.92 Å². The quantitative estimate of drug-likeness (QED) is 0.631. The Bertz CT molecular complexity index is 479. The van der Waals surface area contributed by atoms with Crippen molar-refractivity contribution in [3.05, 3.63) is 24.3 Å². The highest BCUT2D eigenvalue weighted by molar-refractivity contribution is 7.48. The molecule has 0 heterocycles. The van der Waals surface area contributed by atoms with Crippen LogP contribution in [0.3, 0.4) is 0 Å². The Morgan fingerprint density at radius 2 is 1.86 bits per heavy atom. The molecule has 0 aliphatic rings. The van der Waals surface area contributed by atoms with Gasteiger partial charge in [0, 0.05) is 5.69 Å². The van der Waals surface area contributed by atoms with Crippen molar-refractivity contribution in [3.63, 3.8) is 0 Å². The molecule has 1 aromatic rings. The summed E-state index contributed by atoms with van der Waals surface area (Å²) in [6, 6.07) is 6.71. The maximum Gasteiger partial charge on any atom is 0.548 e. The number of ether oxygens (including phenoxy) is 1. The van der Waals surface area contributed by atoms with Crippen LogP contribution < -0.4 is 10.6 Å². The van der Waals surface area contributed by atoms with E-state index in [-0.39, 0.29) is 0 Å². The average molecular weight is 312 g/mol. The van der Waals surface area contributed by atoms with Gasteiger partial charge in [0.2, 0.25) is 5.30 Å². The molecule has 116 valence electrons. The number of hydrogen-bond donors (Lipinski definition) is 1. The Kier molecular flexibility index (Phi) is 6.79. The van der Waals surface area contributed by atoms with Crippen LogP contribution in [0.5, 0.6) is 0 Å². The van der Waals surface area contributed by atoms with Gasteiger partial charge < -0.3 is 4.74 Å². The number of nitrogens with one attached hydrogen (secondary N) is 1. The van der Waals surface area contributed by atoms with E-state index in [0.29, 0.717) is 17.6 Å². The average Bonchev–Trinajstić information content (AvgIpc) is 2.37. The van der Waals surface area contributed by atoms with Gasteiger partial charge in [-0.25, -0.2) is 4.79 Å². The molecule has 5 nitrogen and oxygen atoms in total. The summed E-state index contributed by atoms with van der Waals surface area (Å²) in [6.45, 7) is 7.94. The smallest absolute Gasteiger partial charge is 0.444 e. The molecular weight excluding hydrogens is 289 g/mol. The van der Waals surface area contributed by atoms with Crippen LogP contribution in [0, 0.1) is 0 Å². The van der Waals surface area contributed by atoms with Crippen molar-refractivity contribution in [2.24, 2.45) is 0 Å². The topological polar surface area (TPSA) is 64.6 Å². The van der Waals surface area contributed by atoms with E-state index < -0.39 is 19.7 Å². The molecule has 0 spiro atoms. The molecule has 1 N–H and O–H groups in total. The molecule has 21 heavy (non-hydrogen) atoms. The minimum atomic E-state index is -1.84. The zero-order chi connectivity index (χ0) is 15.9. The van der Waals surface area contributed by atoms with Crippen molar-refractivity contribution >= 4 is 25.1 Å². The molecule has 0 aliphatic heterocycles. The molecule has 1 amide bonds. The highest BCUT2D eigenvalue weighted by Crippen LogP contribution is 2.23. The molecule has 1 rings (SSSR count). The molecule has 0 fully saturated rings. The van der Waals surface area contributed by atoms with Crippen molar-refractivity contribution in [1.29, 1.82) is 0 Å². The van der Waals surface area contributed by atoms with Gasteiger partial charge in [0.15, 0.2) is 0 Å².